The average molecular weight is 375 g/mol. The Hall–Kier alpha value is -2.67. The zero-order chi connectivity index (χ0) is 18.7. The number of furan rings is 1. The van der Waals surface area contributed by atoms with Crippen LogP contribution in [0.2, 0.25) is 0 Å². The van der Waals surface area contributed by atoms with Crippen molar-refractivity contribution in [2.45, 2.75) is 31.2 Å². The summed E-state index contributed by atoms with van der Waals surface area (Å²) in [6.45, 7) is 2.24. The van der Waals surface area contributed by atoms with Crippen LogP contribution in [-0.4, -0.2) is 14.3 Å². The van der Waals surface area contributed by atoms with Crippen molar-refractivity contribution in [3.05, 3.63) is 65.4 Å². The highest BCUT2D eigenvalue weighted by Gasteiger charge is 2.13. The third-order valence-electron chi connectivity index (χ3n) is 4.21. The second-order valence-corrected chi connectivity index (χ2v) is 7.34. The second-order valence-electron chi connectivity index (χ2n) is 5.99. The van der Waals surface area contributed by atoms with Gasteiger partial charge in [-0.05, 0) is 37.1 Å². The maximum Gasteiger partial charge on any atom is 0.332 e. The second kappa shape index (κ2) is 7.29. The molecule has 1 amide bonds. The molecule has 0 radical (unpaired) electrons. The summed E-state index contributed by atoms with van der Waals surface area (Å²) in [5.74, 6) is 0.645. The number of fused-ring (bicyclic) bond motifs is 1. The molecule has 1 heterocycles. The number of carbonyl (C=O) groups excluding carboxylic acids is 1. The van der Waals surface area contributed by atoms with E-state index in [1.807, 2.05) is 31.2 Å². The van der Waals surface area contributed by atoms with Crippen LogP contribution in [0.25, 0.3) is 11.0 Å². The van der Waals surface area contributed by atoms with Crippen LogP contribution in [0.1, 0.15) is 23.3 Å². The van der Waals surface area contributed by atoms with Gasteiger partial charge in [0.25, 0.3) is 0 Å². The minimum absolute atomic E-state index is 0.128. The van der Waals surface area contributed by atoms with Gasteiger partial charge in [-0.15, -0.1) is 3.89 Å². The summed E-state index contributed by atoms with van der Waals surface area (Å²) in [4.78, 5) is 11.7. The lowest BCUT2D eigenvalue weighted by atomic mass is 10.1. The highest BCUT2D eigenvalue weighted by molar-refractivity contribution is 7.86. The molecule has 1 N–H and O–H groups in total. The molecule has 26 heavy (non-hydrogen) atoms. The highest BCUT2D eigenvalue weighted by Crippen LogP contribution is 2.25. The van der Waals surface area contributed by atoms with Gasteiger partial charge >= 0.3 is 10.2 Å². The Labute approximate surface area is 151 Å². The van der Waals surface area contributed by atoms with Gasteiger partial charge in [0.2, 0.25) is 5.91 Å². The number of rotatable bonds is 6. The van der Waals surface area contributed by atoms with Crippen LogP contribution in [-0.2, 0) is 28.0 Å². The fourth-order valence-electron chi connectivity index (χ4n) is 2.79. The predicted molar refractivity (Wildman–Crippen MR) is 95.9 cm³/mol. The predicted octanol–water partition coefficient (Wildman–Crippen LogP) is 3.65. The molecule has 0 atom stereocenters. The molecule has 0 fully saturated rings. The molecule has 0 saturated carbocycles. The summed E-state index contributed by atoms with van der Waals surface area (Å²) in [7, 11) is -4.69. The average Bonchev–Trinajstić information content (AvgIpc) is 2.93. The molecule has 136 valence electrons. The lowest BCUT2D eigenvalue weighted by molar-refractivity contribution is -0.121. The smallest absolute Gasteiger partial charge is 0.332 e. The summed E-state index contributed by atoms with van der Waals surface area (Å²) in [5.41, 5.74) is 2.50. The minimum Gasteiger partial charge on any atom is -0.461 e. The van der Waals surface area contributed by atoms with Crippen molar-refractivity contribution in [1.82, 2.24) is 5.32 Å². The molecule has 0 spiro atoms. The summed E-state index contributed by atoms with van der Waals surface area (Å²) in [6.07, 6.45) is 0.681. The number of benzene rings is 2. The third kappa shape index (κ3) is 4.11. The van der Waals surface area contributed by atoms with Crippen LogP contribution in [0.15, 0.2) is 57.8 Å². The first-order chi connectivity index (χ1) is 12.3. The Morgan fingerprint density at radius 3 is 2.50 bits per heavy atom. The summed E-state index contributed by atoms with van der Waals surface area (Å²) >= 11 is 0. The number of halogens is 1. The Morgan fingerprint density at radius 2 is 1.81 bits per heavy atom. The van der Waals surface area contributed by atoms with E-state index in [1.54, 1.807) is 0 Å². The number of hydrogen-bond donors (Lipinski definition) is 1. The molecule has 0 aliphatic carbocycles. The Balaban J connectivity index is 1.57. The molecular weight excluding hydrogens is 357 g/mol. The van der Waals surface area contributed by atoms with E-state index < -0.39 is 10.2 Å². The van der Waals surface area contributed by atoms with Crippen molar-refractivity contribution in [3.63, 3.8) is 0 Å². The molecule has 0 saturated heterocycles. The van der Waals surface area contributed by atoms with Crippen molar-refractivity contribution in [1.29, 1.82) is 0 Å². The number of aryl methyl sites for hydroxylation is 2. The molecule has 3 rings (SSSR count). The van der Waals surface area contributed by atoms with E-state index in [-0.39, 0.29) is 17.2 Å². The van der Waals surface area contributed by atoms with Gasteiger partial charge in [-0.1, -0.05) is 30.3 Å². The number of para-hydroxylation sites is 1. The fraction of sp³-hybridized carbons (Fsp3) is 0.211. The molecule has 0 bridgehead atoms. The van der Waals surface area contributed by atoms with Gasteiger partial charge in [-0.25, -0.2) is 0 Å². The molecule has 1 aromatic heterocycles. The molecule has 5 nitrogen and oxygen atoms in total. The van der Waals surface area contributed by atoms with Crippen LogP contribution in [0.3, 0.4) is 0 Å². The van der Waals surface area contributed by atoms with Crippen molar-refractivity contribution < 1.29 is 21.5 Å². The van der Waals surface area contributed by atoms with E-state index in [1.165, 1.54) is 24.3 Å². The zero-order valence-corrected chi connectivity index (χ0v) is 15.0. The van der Waals surface area contributed by atoms with Gasteiger partial charge in [0.15, 0.2) is 0 Å². The van der Waals surface area contributed by atoms with E-state index in [4.69, 9.17) is 4.42 Å². The Morgan fingerprint density at radius 1 is 1.12 bits per heavy atom. The largest absolute Gasteiger partial charge is 0.461 e. The van der Waals surface area contributed by atoms with Gasteiger partial charge < -0.3 is 9.73 Å². The van der Waals surface area contributed by atoms with Crippen molar-refractivity contribution in [2.75, 3.05) is 0 Å². The van der Waals surface area contributed by atoms with Crippen molar-refractivity contribution in [3.8, 4) is 0 Å². The van der Waals surface area contributed by atoms with E-state index in [0.29, 0.717) is 13.0 Å². The van der Waals surface area contributed by atoms with Crippen LogP contribution >= 0.6 is 0 Å². The van der Waals surface area contributed by atoms with Gasteiger partial charge in [-0.2, -0.15) is 8.42 Å². The molecular formula is C19H18FNO4S. The van der Waals surface area contributed by atoms with Gasteiger partial charge in [0.05, 0.1) is 4.90 Å². The van der Waals surface area contributed by atoms with Crippen LogP contribution in [0.5, 0.6) is 0 Å². The topological polar surface area (TPSA) is 76.4 Å². The fourth-order valence-corrected chi connectivity index (χ4v) is 3.25. The number of hydrogen-bond acceptors (Lipinski definition) is 4. The lowest BCUT2D eigenvalue weighted by Crippen LogP contribution is -2.23. The van der Waals surface area contributed by atoms with E-state index in [0.717, 1.165) is 27.9 Å². The van der Waals surface area contributed by atoms with Crippen molar-refractivity contribution in [2.24, 2.45) is 0 Å². The molecule has 0 aliphatic heterocycles. The Kier molecular flexibility index (Phi) is 5.08. The lowest BCUT2D eigenvalue weighted by Gasteiger charge is -2.06. The monoisotopic (exact) mass is 375 g/mol. The molecule has 7 heteroatoms. The standard InChI is InChI=1S/C19H18FNO4S/c1-13-17(16-4-2-3-5-18(16)25-13)12-21-19(22)11-8-14-6-9-15(10-7-14)26(20,23)24/h2-7,9-10H,8,11-12H2,1H3,(H,21,22). The van der Waals surface area contributed by atoms with Gasteiger partial charge in [-0.3, -0.25) is 4.79 Å². The molecule has 2 aromatic carbocycles. The summed E-state index contributed by atoms with van der Waals surface area (Å²) in [5, 5.41) is 3.85. The van der Waals surface area contributed by atoms with Crippen LogP contribution < -0.4 is 5.32 Å². The third-order valence-corrected chi connectivity index (χ3v) is 5.04. The summed E-state index contributed by atoms with van der Waals surface area (Å²) < 4.78 is 40.1. The number of carbonyl (C=O) groups is 1. The quantitative estimate of drug-likeness (QED) is 0.667. The molecule has 0 unspecified atom stereocenters. The first-order valence-corrected chi connectivity index (χ1v) is 9.50. The maximum atomic E-state index is 12.8. The number of nitrogens with one attached hydrogen (secondary N) is 1. The Bertz CT molecular complexity index is 1040. The normalized spacial score (nSPS) is 11.6. The summed E-state index contributed by atoms with van der Waals surface area (Å²) in [6, 6.07) is 13.1. The van der Waals surface area contributed by atoms with E-state index in [9.17, 15) is 17.1 Å². The van der Waals surface area contributed by atoms with Gasteiger partial charge in [0.1, 0.15) is 11.3 Å². The number of amides is 1. The SMILES string of the molecule is Cc1oc2ccccc2c1CNC(=O)CCc1ccc(S(=O)(=O)F)cc1. The highest BCUT2D eigenvalue weighted by atomic mass is 32.3. The first-order valence-electron chi connectivity index (χ1n) is 8.12. The first kappa shape index (κ1) is 18.1. The zero-order valence-electron chi connectivity index (χ0n) is 14.2. The van der Waals surface area contributed by atoms with E-state index in [2.05, 4.69) is 5.32 Å². The van der Waals surface area contributed by atoms with Crippen LogP contribution in [0, 0.1) is 6.92 Å². The molecule has 0 aliphatic rings. The maximum absolute atomic E-state index is 12.8. The molecule has 3 aromatic rings. The van der Waals surface area contributed by atoms with Crippen molar-refractivity contribution >= 4 is 27.1 Å². The van der Waals surface area contributed by atoms with Crippen LogP contribution in [0.4, 0.5) is 3.89 Å². The van der Waals surface area contributed by atoms with Gasteiger partial charge in [0, 0.05) is 23.9 Å². The van der Waals surface area contributed by atoms with E-state index >= 15 is 0 Å². The minimum atomic E-state index is -4.69.